The predicted molar refractivity (Wildman–Crippen MR) is 86.5 cm³/mol. The average Bonchev–Trinajstić information content (AvgIpc) is 3.15. The Labute approximate surface area is 140 Å². The Morgan fingerprint density at radius 3 is 2.46 bits per heavy atom. The molecule has 2 N–H and O–H groups in total. The molecule has 24 heavy (non-hydrogen) atoms. The van der Waals surface area contributed by atoms with Gasteiger partial charge in [0.2, 0.25) is 11.8 Å². The molecule has 130 valence electrons. The number of aliphatic hydroxyl groups excluding tert-OH is 1. The van der Waals surface area contributed by atoms with Gasteiger partial charge in [-0.1, -0.05) is 25.0 Å². The van der Waals surface area contributed by atoms with Gasteiger partial charge in [-0.3, -0.25) is 9.59 Å². The van der Waals surface area contributed by atoms with Crippen molar-refractivity contribution < 1.29 is 19.1 Å². The van der Waals surface area contributed by atoms with E-state index in [0.29, 0.717) is 0 Å². The molecule has 0 unspecified atom stereocenters. The zero-order valence-electron chi connectivity index (χ0n) is 13.8. The monoisotopic (exact) mass is 334 g/mol. The van der Waals surface area contributed by atoms with Gasteiger partial charge in [-0.05, 0) is 30.5 Å². The molecule has 1 saturated carbocycles. The zero-order chi connectivity index (χ0) is 17.3. The lowest BCUT2D eigenvalue weighted by molar-refractivity contribution is -0.137. The smallest absolute Gasteiger partial charge is 0.243 e. The van der Waals surface area contributed by atoms with E-state index in [2.05, 4.69) is 5.32 Å². The number of benzene rings is 1. The third-order valence-corrected chi connectivity index (χ3v) is 5.20. The normalized spacial score (nSPS) is 25.7. The van der Waals surface area contributed by atoms with E-state index in [1.807, 2.05) is 0 Å². The molecule has 2 atom stereocenters. The fraction of sp³-hybridized carbons (Fsp3) is 0.556. The van der Waals surface area contributed by atoms with Crippen molar-refractivity contribution in [2.24, 2.45) is 0 Å². The minimum absolute atomic E-state index is 0.191. The van der Waals surface area contributed by atoms with Gasteiger partial charge in [0.25, 0.3) is 0 Å². The molecule has 5 nitrogen and oxygen atoms in total. The molecule has 1 aromatic carbocycles. The second kappa shape index (κ2) is 6.51. The number of aliphatic hydroxyl groups is 1. The van der Waals surface area contributed by atoms with Crippen molar-refractivity contribution >= 4 is 11.8 Å². The number of halogens is 1. The lowest BCUT2D eigenvalue weighted by Gasteiger charge is -2.33. The number of rotatable bonds is 3. The topological polar surface area (TPSA) is 69.6 Å². The van der Waals surface area contributed by atoms with Crippen molar-refractivity contribution in [3.63, 3.8) is 0 Å². The molecule has 0 aromatic heterocycles. The maximum atomic E-state index is 13.2. The summed E-state index contributed by atoms with van der Waals surface area (Å²) in [6.45, 7) is 1.60. The molecule has 2 fully saturated rings. The van der Waals surface area contributed by atoms with E-state index >= 15 is 0 Å². The third kappa shape index (κ3) is 3.15. The van der Waals surface area contributed by atoms with Crippen molar-refractivity contribution in [2.45, 2.75) is 56.7 Å². The van der Waals surface area contributed by atoms with Gasteiger partial charge >= 0.3 is 0 Å². The van der Waals surface area contributed by atoms with E-state index in [9.17, 15) is 19.1 Å². The summed E-state index contributed by atoms with van der Waals surface area (Å²) in [7, 11) is 0. The largest absolute Gasteiger partial charge is 0.391 e. The molecule has 1 aliphatic heterocycles. The fourth-order valence-electron chi connectivity index (χ4n) is 3.96. The number of hydrogen-bond donors (Lipinski definition) is 2. The first-order chi connectivity index (χ1) is 11.4. The molecule has 0 bridgehead atoms. The van der Waals surface area contributed by atoms with Crippen molar-refractivity contribution in [1.82, 2.24) is 10.2 Å². The van der Waals surface area contributed by atoms with E-state index < -0.39 is 17.7 Å². The molecule has 6 heteroatoms. The molecule has 2 aliphatic rings. The van der Waals surface area contributed by atoms with Crippen LogP contribution in [0.2, 0.25) is 0 Å². The first-order valence-corrected chi connectivity index (χ1v) is 8.45. The lowest BCUT2D eigenvalue weighted by atomic mass is 9.87. The number of carbonyl (C=O) groups excluding carboxylic acids is 2. The van der Waals surface area contributed by atoms with Gasteiger partial charge in [0.15, 0.2) is 0 Å². The molecule has 3 rings (SSSR count). The molecule has 1 heterocycles. The van der Waals surface area contributed by atoms with Gasteiger partial charge in [-0.25, -0.2) is 4.39 Å². The zero-order valence-corrected chi connectivity index (χ0v) is 13.8. The van der Waals surface area contributed by atoms with Crippen LogP contribution < -0.4 is 5.32 Å². The highest BCUT2D eigenvalue weighted by Crippen LogP contribution is 2.39. The average molecular weight is 334 g/mol. The van der Waals surface area contributed by atoms with Gasteiger partial charge in [-0.2, -0.15) is 0 Å². The molecular formula is C18H23FN2O3. The number of amides is 2. The number of nitrogens with zero attached hydrogens (tertiary/aromatic N) is 1. The summed E-state index contributed by atoms with van der Waals surface area (Å²) in [5, 5.41) is 12.9. The van der Waals surface area contributed by atoms with Gasteiger partial charge in [-0.15, -0.1) is 0 Å². The van der Waals surface area contributed by atoms with Crippen LogP contribution in [0.25, 0.3) is 0 Å². The minimum Gasteiger partial charge on any atom is -0.391 e. The maximum Gasteiger partial charge on any atom is 0.243 e. The Balaban J connectivity index is 1.82. The summed E-state index contributed by atoms with van der Waals surface area (Å²) in [5.41, 5.74) is 0.378. The van der Waals surface area contributed by atoms with Crippen LogP contribution in [0.3, 0.4) is 0 Å². The van der Waals surface area contributed by atoms with Crippen molar-refractivity contribution in [2.75, 3.05) is 6.54 Å². The highest BCUT2D eigenvalue weighted by Gasteiger charge is 2.43. The lowest BCUT2D eigenvalue weighted by Crippen LogP contribution is -2.52. The summed E-state index contributed by atoms with van der Waals surface area (Å²) in [4.78, 5) is 26.0. The van der Waals surface area contributed by atoms with Crippen LogP contribution in [0.5, 0.6) is 0 Å². The Hall–Kier alpha value is -1.95. The molecule has 1 aromatic rings. The molecule has 0 spiro atoms. The van der Waals surface area contributed by atoms with Gasteiger partial charge < -0.3 is 15.3 Å². The summed E-state index contributed by atoms with van der Waals surface area (Å²) in [6.07, 6.45) is 3.14. The molecule has 1 saturated heterocycles. The third-order valence-electron chi connectivity index (χ3n) is 5.20. The second-order valence-corrected chi connectivity index (χ2v) is 6.86. The SMILES string of the molecule is CC(=O)N1C[C@H](O)C[C@@H]1C(=O)NC1(c2ccc(F)cc2)CCCC1. The summed E-state index contributed by atoms with van der Waals surface area (Å²) >= 11 is 0. The van der Waals surface area contributed by atoms with E-state index in [-0.39, 0.29) is 30.6 Å². The highest BCUT2D eigenvalue weighted by atomic mass is 19.1. The molecule has 1 aliphatic carbocycles. The molecular weight excluding hydrogens is 311 g/mol. The quantitative estimate of drug-likeness (QED) is 0.884. The number of nitrogens with one attached hydrogen (secondary N) is 1. The van der Waals surface area contributed by atoms with Crippen molar-refractivity contribution in [3.8, 4) is 0 Å². The number of hydrogen-bond acceptors (Lipinski definition) is 3. The van der Waals surface area contributed by atoms with Crippen LogP contribution in [0.1, 0.15) is 44.6 Å². The highest BCUT2D eigenvalue weighted by molar-refractivity contribution is 5.88. The van der Waals surface area contributed by atoms with Crippen LogP contribution in [0, 0.1) is 5.82 Å². The Kier molecular flexibility index (Phi) is 4.58. The van der Waals surface area contributed by atoms with Gasteiger partial charge in [0, 0.05) is 19.9 Å². The van der Waals surface area contributed by atoms with E-state index in [1.165, 1.54) is 24.0 Å². The van der Waals surface area contributed by atoms with Crippen LogP contribution >= 0.6 is 0 Å². The van der Waals surface area contributed by atoms with E-state index in [1.54, 1.807) is 12.1 Å². The standard InChI is InChI=1S/C18H23FN2O3/c1-12(22)21-11-15(23)10-16(21)17(24)20-18(8-2-3-9-18)13-4-6-14(19)7-5-13/h4-7,15-16,23H,2-3,8-11H2,1H3,(H,20,24)/t15-,16-/m1/s1. The summed E-state index contributed by atoms with van der Waals surface area (Å²) in [6, 6.07) is 5.60. The molecule has 2 amide bonds. The summed E-state index contributed by atoms with van der Waals surface area (Å²) < 4.78 is 13.2. The van der Waals surface area contributed by atoms with Crippen molar-refractivity contribution in [1.29, 1.82) is 0 Å². The van der Waals surface area contributed by atoms with Crippen molar-refractivity contribution in [3.05, 3.63) is 35.6 Å². The number of carbonyl (C=O) groups is 2. The molecule has 0 radical (unpaired) electrons. The Morgan fingerprint density at radius 1 is 1.25 bits per heavy atom. The first kappa shape index (κ1) is 16.9. The van der Waals surface area contributed by atoms with Gasteiger partial charge in [0.1, 0.15) is 11.9 Å². The van der Waals surface area contributed by atoms with Crippen LogP contribution in [-0.4, -0.2) is 40.5 Å². The predicted octanol–water partition coefficient (Wildman–Crippen LogP) is 1.69. The van der Waals surface area contributed by atoms with Crippen LogP contribution in [0.4, 0.5) is 4.39 Å². The van der Waals surface area contributed by atoms with E-state index in [4.69, 9.17) is 0 Å². The van der Waals surface area contributed by atoms with Crippen LogP contribution in [0.15, 0.2) is 24.3 Å². The van der Waals surface area contributed by atoms with E-state index in [0.717, 1.165) is 31.2 Å². The fourth-order valence-corrected chi connectivity index (χ4v) is 3.96. The summed E-state index contributed by atoms with van der Waals surface area (Å²) in [5.74, 6) is -0.762. The Bertz CT molecular complexity index is 626. The Morgan fingerprint density at radius 2 is 1.88 bits per heavy atom. The second-order valence-electron chi connectivity index (χ2n) is 6.86. The first-order valence-electron chi connectivity index (χ1n) is 8.45. The number of β-amino-alcohol motifs (C(OH)–C–C–N with tert-alkyl or cyclic N) is 1. The van der Waals surface area contributed by atoms with Crippen LogP contribution in [-0.2, 0) is 15.1 Å². The number of likely N-dealkylation sites (tertiary alicyclic amines) is 1. The minimum atomic E-state index is -0.671. The maximum absolute atomic E-state index is 13.2. The van der Waals surface area contributed by atoms with Gasteiger partial charge in [0.05, 0.1) is 11.6 Å².